The molecule has 6 rings (SSSR count). The smallest absolute Gasteiger partial charge is 0.276 e. The van der Waals surface area contributed by atoms with Gasteiger partial charge in [0.2, 0.25) is 23.7 Å². The van der Waals surface area contributed by atoms with Gasteiger partial charge in [0.05, 0.1) is 41.7 Å². The minimum Gasteiger partial charge on any atom is -0.494 e. The molecule has 0 spiro atoms. The van der Waals surface area contributed by atoms with Gasteiger partial charge in [0.15, 0.2) is 0 Å². The number of hydrogen-bond acceptors (Lipinski definition) is 11. The number of aryl methyl sites for hydroxylation is 4. The van der Waals surface area contributed by atoms with Crippen molar-refractivity contribution in [3.8, 4) is 11.5 Å². The average molecular weight is 781 g/mol. The van der Waals surface area contributed by atoms with Crippen LogP contribution in [0.4, 0.5) is 11.9 Å². The van der Waals surface area contributed by atoms with Crippen LogP contribution in [0, 0.1) is 6.92 Å². The summed E-state index contributed by atoms with van der Waals surface area (Å²) in [6, 6.07) is 7.71. The summed E-state index contributed by atoms with van der Waals surface area (Å²) in [7, 11) is 3.18. The number of fused-ring (bicyclic) bond motifs is 2. The largest absolute Gasteiger partial charge is 0.494 e. The highest BCUT2D eigenvalue weighted by molar-refractivity contribution is 6.06. The molecule has 6 aromatic rings. The number of nitrogens with zero attached hydrogens (tertiary/aromatic N) is 8. The molecule has 0 bridgehead atoms. The second-order valence-electron chi connectivity index (χ2n) is 13.0. The summed E-state index contributed by atoms with van der Waals surface area (Å²) in [5.74, 6) is -1.35. The predicted molar refractivity (Wildman–Crippen MR) is 211 cm³/mol. The summed E-state index contributed by atoms with van der Waals surface area (Å²) in [6.45, 7) is 6.34. The number of nitrogens with one attached hydrogen (secondary N) is 2. The molecular weight excluding hydrogens is 736 g/mol. The molecule has 0 aliphatic carbocycles. The van der Waals surface area contributed by atoms with Crippen LogP contribution in [0.5, 0.6) is 11.5 Å². The monoisotopic (exact) mass is 780 g/mol. The van der Waals surface area contributed by atoms with Gasteiger partial charge in [-0.3, -0.25) is 39.2 Å². The van der Waals surface area contributed by atoms with Gasteiger partial charge in [0.1, 0.15) is 28.2 Å². The van der Waals surface area contributed by atoms with Gasteiger partial charge in [-0.1, -0.05) is 19.1 Å². The number of aliphatic hydroxyl groups is 1. The molecule has 0 aliphatic heterocycles. The molecule has 0 unspecified atom stereocenters. The minimum absolute atomic E-state index is 0.116. The predicted octanol–water partition coefficient (Wildman–Crippen LogP) is 2.94. The van der Waals surface area contributed by atoms with Crippen LogP contribution >= 0.6 is 0 Å². The van der Waals surface area contributed by atoms with E-state index in [0.29, 0.717) is 69.8 Å². The van der Waals surface area contributed by atoms with Crippen molar-refractivity contribution in [2.75, 3.05) is 31.0 Å². The molecule has 4 amide bonds. The third-order valence-electron chi connectivity index (χ3n) is 9.07. The van der Waals surface area contributed by atoms with Crippen molar-refractivity contribution >= 4 is 57.6 Å². The number of allylic oxidation sites excluding steroid dienone is 2. The van der Waals surface area contributed by atoms with Crippen molar-refractivity contribution in [1.82, 2.24) is 38.7 Å². The number of benzene rings is 2. The van der Waals surface area contributed by atoms with Crippen molar-refractivity contribution < 1.29 is 33.8 Å². The van der Waals surface area contributed by atoms with Gasteiger partial charge in [0.25, 0.3) is 11.8 Å². The number of hydrogen-bond donors (Lipinski definition) is 5. The highest BCUT2D eigenvalue weighted by atomic mass is 16.5. The zero-order chi connectivity index (χ0) is 41.0. The number of primary amides is 2. The lowest BCUT2D eigenvalue weighted by Crippen LogP contribution is -2.20. The van der Waals surface area contributed by atoms with Gasteiger partial charge < -0.3 is 35.2 Å². The summed E-state index contributed by atoms with van der Waals surface area (Å²) in [4.78, 5) is 61.1. The number of aromatic nitrogens is 8. The normalized spacial score (nSPS) is 11.5. The van der Waals surface area contributed by atoms with E-state index in [1.165, 1.54) is 31.4 Å². The number of imidazole rings is 2. The number of carbonyl (C=O) groups excluding carboxylic acids is 4. The molecule has 2 aromatic carbocycles. The zero-order valence-electron chi connectivity index (χ0n) is 32.2. The third kappa shape index (κ3) is 8.18. The highest BCUT2D eigenvalue weighted by Gasteiger charge is 2.24. The van der Waals surface area contributed by atoms with Gasteiger partial charge in [-0.05, 0) is 50.6 Å². The van der Waals surface area contributed by atoms with Crippen molar-refractivity contribution in [1.29, 1.82) is 0 Å². The maximum absolute atomic E-state index is 13.7. The number of rotatable bonds is 17. The standard InChI is InChI=1S/C38H44N12O7/c1-6-25-24(20-47(4)46-25)35(54)43-37-42-27-17-23(34(40)53)19-30(57-14-10-13-51)32(27)49(37)12-9-8-11-48-31-26(16-22(33(39)52)18-29(31)56-5)41-38(48)44-36(55)28-15-21(3)45-50(28)7-2/h8-9,15-20,51H,6-7,10-14H2,1-5H3,(H2,39,52)(H2,40,53)(H,41,44,55)(H,42,43,54)/b9-8+. The van der Waals surface area contributed by atoms with E-state index in [9.17, 15) is 24.3 Å². The fraction of sp³-hybridized carbons (Fsp3) is 0.316. The fourth-order valence-corrected chi connectivity index (χ4v) is 6.45. The number of amides is 4. The molecule has 4 aromatic heterocycles. The molecule has 0 saturated heterocycles. The number of aliphatic hydroxyl groups excluding tert-OH is 1. The Balaban J connectivity index is 1.41. The Morgan fingerprint density at radius 3 is 1.96 bits per heavy atom. The lowest BCUT2D eigenvalue weighted by molar-refractivity contribution is 0.0991. The summed E-state index contributed by atoms with van der Waals surface area (Å²) in [5, 5.41) is 24.0. The molecule has 0 saturated carbocycles. The summed E-state index contributed by atoms with van der Waals surface area (Å²) < 4.78 is 18.3. The maximum atomic E-state index is 13.7. The van der Waals surface area contributed by atoms with Crippen LogP contribution in [0.25, 0.3) is 22.1 Å². The molecule has 7 N–H and O–H groups in total. The molecule has 0 radical (unpaired) electrons. The number of carbonyl (C=O) groups is 4. The van der Waals surface area contributed by atoms with Gasteiger partial charge >= 0.3 is 0 Å². The SMILES string of the molecule is CCc1nn(C)cc1C(=O)Nc1nc2cc(C(N)=O)cc(OCCCO)c2n1C/C=C/Cn1c(NC(=O)c2cc(C)nn2CC)nc2cc(C(N)=O)cc(OC)c21. The van der Waals surface area contributed by atoms with E-state index in [1.54, 1.807) is 44.7 Å². The van der Waals surface area contributed by atoms with Gasteiger partial charge in [0, 0.05) is 57.0 Å². The first-order chi connectivity index (χ1) is 27.4. The Kier molecular flexibility index (Phi) is 11.7. The van der Waals surface area contributed by atoms with Crippen LogP contribution in [-0.2, 0) is 33.1 Å². The first kappa shape index (κ1) is 39.7. The Labute approximate surface area is 326 Å². The Bertz CT molecular complexity index is 2540. The Morgan fingerprint density at radius 2 is 1.42 bits per heavy atom. The minimum atomic E-state index is -0.699. The summed E-state index contributed by atoms with van der Waals surface area (Å²) >= 11 is 0. The molecule has 57 heavy (non-hydrogen) atoms. The van der Waals surface area contributed by atoms with E-state index in [-0.39, 0.29) is 55.1 Å². The molecule has 0 atom stereocenters. The van der Waals surface area contributed by atoms with Crippen molar-refractivity contribution in [3.05, 3.63) is 82.5 Å². The zero-order valence-corrected chi connectivity index (χ0v) is 32.2. The number of ether oxygens (including phenoxy) is 2. The second-order valence-corrected chi connectivity index (χ2v) is 13.0. The van der Waals surface area contributed by atoms with E-state index in [4.69, 9.17) is 20.9 Å². The van der Waals surface area contributed by atoms with Crippen LogP contribution in [0.15, 0.2) is 48.7 Å². The quantitative estimate of drug-likeness (QED) is 0.0664. The van der Waals surface area contributed by atoms with Gasteiger partial charge in [-0.15, -0.1) is 0 Å². The lowest BCUT2D eigenvalue weighted by Gasteiger charge is -2.13. The maximum Gasteiger partial charge on any atom is 0.276 e. The third-order valence-corrected chi connectivity index (χ3v) is 9.07. The molecule has 0 fully saturated rings. The summed E-state index contributed by atoms with van der Waals surface area (Å²) in [5.41, 5.74) is 15.2. The van der Waals surface area contributed by atoms with Crippen molar-refractivity contribution in [3.63, 3.8) is 0 Å². The Morgan fingerprint density at radius 1 is 0.842 bits per heavy atom. The van der Waals surface area contributed by atoms with Crippen LogP contribution in [0.1, 0.15) is 73.2 Å². The number of nitrogens with two attached hydrogens (primary N) is 2. The average Bonchev–Trinajstić information content (AvgIpc) is 3.95. The molecule has 4 heterocycles. The van der Waals surface area contributed by atoms with Crippen LogP contribution in [-0.4, -0.2) is 87.7 Å². The molecular formula is C38H44N12O7. The van der Waals surface area contributed by atoms with Crippen LogP contribution in [0.2, 0.25) is 0 Å². The lowest BCUT2D eigenvalue weighted by atomic mass is 10.1. The Hall–Kier alpha value is -7.02. The van der Waals surface area contributed by atoms with E-state index in [1.807, 2.05) is 26.0 Å². The fourth-order valence-electron chi connectivity index (χ4n) is 6.45. The molecule has 0 aliphatic rings. The topological polar surface area (TPSA) is 254 Å². The highest BCUT2D eigenvalue weighted by Crippen LogP contribution is 2.33. The van der Waals surface area contributed by atoms with Gasteiger partial charge in [-0.2, -0.15) is 10.2 Å². The van der Waals surface area contributed by atoms with E-state index < -0.39 is 23.6 Å². The first-order valence-corrected chi connectivity index (χ1v) is 18.2. The van der Waals surface area contributed by atoms with E-state index >= 15 is 0 Å². The van der Waals surface area contributed by atoms with Crippen molar-refractivity contribution in [2.45, 2.75) is 53.2 Å². The van der Waals surface area contributed by atoms with E-state index in [0.717, 1.165) is 0 Å². The van der Waals surface area contributed by atoms with E-state index in [2.05, 4.69) is 30.8 Å². The molecule has 19 heteroatoms. The number of methoxy groups -OCH3 is 1. The van der Waals surface area contributed by atoms with Crippen molar-refractivity contribution in [2.24, 2.45) is 18.5 Å². The first-order valence-electron chi connectivity index (χ1n) is 18.2. The number of anilines is 2. The second kappa shape index (κ2) is 16.8. The van der Waals surface area contributed by atoms with Crippen LogP contribution in [0.3, 0.4) is 0 Å². The summed E-state index contributed by atoms with van der Waals surface area (Å²) in [6.07, 6.45) is 6.10. The van der Waals surface area contributed by atoms with Gasteiger partial charge in [-0.25, -0.2) is 9.97 Å². The molecule has 298 valence electrons. The van der Waals surface area contributed by atoms with Crippen LogP contribution < -0.4 is 31.6 Å². The molecule has 19 nitrogen and oxygen atoms in total.